The van der Waals surface area contributed by atoms with E-state index in [4.69, 9.17) is 22.1 Å². The van der Waals surface area contributed by atoms with Gasteiger partial charge in [0.25, 0.3) is 0 Å². The van der Waals surface area contributed by atoms with Gasteiger partial charge in [0.15, 0.2) is 5.82 Å². The van der Waals surface area contributed by atoms with Crippen LogP contribution < -0.4 is 15.8 Å². The van der Waals surface area contributed by atoms with Crippen LogP contribution in [0.3, 0.4) is 0 Å². The molecule has 4 N–H and O–H groups in total. The number of amides is 1. The highest BCUT2D eigenvalue weighted by atomic mass is 35.5. The molecular weight excluding hydrogens is 501 g/mol. The van der Waals surface area contributed by atoms with Crippen LogP contribution in [0.5, 0.6) is 5.88 Å². The average molecular weight is 521 g/mol. The number of rotatable bonds is 7. The summed E-state index contributed by atoms with van der Waals surface area (Å²) < 4.78 is 47.1. The van der Waals surface area contributed by atoms with Gasteiger partial charge in [-0.05, 0) is 36.2 Å². The molecule has 1 unspecified atom stereocenters. The molecule has 188 valence electrons. The number of carbonyl (C=O) groups is 1. The lowest BCUT2D eigenvalue weighted by Gasteiger charge is -2.13. The van der Waals surface area contributed by atoms with Crippen LogP contribution in [0.2, 0.25) is 5.02 Å². The Morgan fingerprint density at radius 3 is 2.64 bits per heavy atom. The summed E-state index contributed by atoms with van der Waals surface area (Å²) in [6.45, 7) is 0. The molecule has 0 aliphatic rings. The lowest BCUT2D eigenvalue weighted by atomic mass is 10.0. The van der Waals surface area contributed by atoms with E-state index >= 15 is 0 Å². The van der Waals surface area contributed by atoms with Crippen LogP contribution >= 0.6 is 11.6 Å². The number of nitrogens with one attached hydrogen (secondary N) is 1. The molecule has 1 atom stereocenters. The number of halogens is 4. The maximum Gasteiger partial charge on any atom is 0.418 e. The molecule has 0 radical (unpaired) electrons. The fourth-order valence-electron chi connectivity index (χ4n) is 3.67. The molecule has 0 bridgehead atoms. The third kappa shape index (κ3) is 5.19. The molecule has 9 nitrogen and oxygen atoms in total. The van der Waals surface area contributed by atoms with Gasteiger partial charge >= 0.3 is 6.18 Å². The zero-order valence-corrected chi connectivity index (χ0v) is 19.5. The summed E-state index contributed by atoms with van der Waals surface area (Å²) in [6, 6.07) is 8.90. The second-order valence-corrected chi connectivity index (χ2v) is 8.22. The Morgan fingerprint density at radius 1 is 1.25 bits per heavy atom. The van der Waals surface area contributed by atoms with E-state index < -0.39 is 29.3 Å². The number of nitrogens with two attached hydrogens (primary N) is 1. The Bertz CT molecular complexity index is 1410. The number of ether oxygens (including phenoxy) is 1. The van der Waals surface area contributed by atoms with Crippen LogP contribution in [-0.4, -0.2) is 37.7 Å². The summed E-state index contributed by atoms with van der Waals surface area (Å²) >= 11 is 5.85. The molecule has 3 heterocycles. The molecule has 4 rings (SSSR count). The molecule has 0 saturated carbocycles. The van der Waals surface area contributed by atoms with Crippen molar-refractivity contribution in [3.63, 3.8) is 0 Å². The molecule has 0 fully saturated rings. The molecule has 4 aromatic rings. The maximum absolute atomic E-state index is 13.6. The number of aromatic nitrogens is 4. The van der Waals surface area contributed by atoms with Crippen molar-refractivity contribution in [2.45, 2.75) is 25.1 Å². The van der Waals surface area contributed by atoms with E-state index in [9.17, 15) is 23.1 Å². The van der Waals surface area contributed by atoms with Crippen molar-refractivity contribution in [3.8, 4) is 17.1 Å². The molecular formula is C23H20ClF3N6O3. The quantitative estimate of drug-likeness (QED) is 0.327. The number of benzene rings is 1. The largest absolute Gasteiger partial charge is 0.480 e. The number of alkyl halides is 3. The van der Waals surface area contributed by atoms with Crippen molar-refractivity contribution in [1.82, 2.24) is 19.6 Å². The SMILES string of the molecule is COc1ncc(-c2cc(C(F)(F)F)c3c(N)ncnn23)cc1NC(=O)CCC(O)c1ccc(Cl)cc1. The zero-order valence-electron chi connectivity index (χ0n) is 18.8. The fourth-order valence-corrected chi connectivity index (χ4v) is 3.79. The number of carbonyl (C=O) groups excluding carboxylic acids is 1. The first-order chi connectivity index (χ1) is 17.1. The molecule has 0 spiro atoms. The second kappa shape index (κ2) is 9.99. The number of anilines is 2. The standard InChI is InChI=1S/C23H20ClF3N6O3/c1-36-22-16(32-19(35)7-6-18(34)12-2-4-14(24)5-3-12)8-13(10-29-22)17-9-15(23(25,26)27)20-21(28)30-11-31-33(17)20/h2-5,8-11,18,34H,6-7H2,1H3,(H,32,35)(H2,28,30,31). The summed E-state index contributed by atoms with van der Waals surface area (Å²) in [5.41, 5.74) is 5.30. The third-order valence-electron chi connectivity index (χ3n) is 5.40. The number of aliphatic hydroxyl groups is 1. The van der Waals surface area contributed by atoms with Gasteiger partial charge in [-0.3, -0.25) is 4.79 Å². The number of pyridine rings is 1. The minimum atomic E-state index is -4.70. The monoisotopic (exact) mass is 520 g/mol. The van der Waals surface area contributed by atoms with Crippen molar-refractivity contribution < 1.29 is 27.8 Å². The Kier molecular flexibility index (Phi) is 7.00. The Hall–Kier alpha value is -3.90. The maximum atomic E-state index is 13.6. The van der Waals surface area contributed by atoms with E-state index in [0.717, 1.165) is 16.9 Å². The first-order valence-corrected chi connectivity index (χ1v) is 10.9. The van der Waals surface area contributed by atoms with E-state index in [1.54, 1.807) is 24.3 Å². The minimum Gasteiger partial charge on any atom is -0.480 e. The van der Waals surface area contributed by atoms with Gasteiger partial charge in [-0.25, -0.2) is 14.5 Å². The van der Waals surface area contributed by atoms with Crippen molar-refractivity contribution in [2.24, 2.45) is 0 Å². The van der Waals surface area contributed by atoms with Gasteiger partial charge < -0.3 is 20.9 Å². The van der Waals surface area contributed by atoms with Gasteiger partial charge in [-0.1, -0.05) is 23.7 Å². The second-order valence-electron chi connectivity index (χ2n) is 7.78. The number of nitrogen functional groups attached to an aromatic ring is 1. The highest BCUT2D eigenvalue weighted by Gasteiger charge is 2.36. The average Bonchev–Trinajstić information content (AvgIpc) is 3.25. The van der Waals surface area contributed by atoms with Gasteiger partial charge in [0, 0.05) is 23.2 Å². The molecule has 3 aromatic heterocycles. The first-order valence-electron chi connectivity index (χ1n) is 10.6. The van der Waals surface area contributed by atoms with Crippen LogP contribution in [0.15, 0.2) is 48.9 Å². The topological polar surface area (TPSA) is 128 Å². The first kappa shape index (κ1) is 25.2. The van der Waals surface area contributed by atoms with Crippen molar-refractivity contribution in [2.75, 3.05) is 18.2 Å². The minimum absolute atomic E-state index is 0.0373. The van der Waals surface area contributed by atoms with Crippen LogP contribution in [0.4, 0.5) is 24.7 Å². The van der Waals surface area contributed by atoms with Crippen molar-refractivity contribution in [1.29, 1.82) is 0 Å². The molecule has 36 heavy (non-hydrogen) atoms. The highest BCUT2D eigenvalue weighted by Crippen LogP contribution is 2.39. The van der Waals surface area contributed by atoms with E-state index in [1.807, 2.05) is 0 Å². The Morgan fingerprint density at radius 2 is 1.97 bits per heavy atom. The summed E-state index contributed by atoms with van der Waals surface area (Å²) in [6.07, 6.45) is -3.19. The lowest BCUT2D eigenvalue weighted by Crippen LogP contribution is -2.14. The Labute approximate surface area is 207 Å². The normalized spacial score (nSPS) is 12.5. The van der Waals surface area contributed by atoms with E-state index in [-0.39, 0.29) is 41.5 Å². The molecule has 0 aliphatic carbocycles. The van der Waals surface area contributed by atoms with Gasteiger partial charge in [0.1, 0.15) is 17.5 Å². The summed E-state index contributed by atoms with van der Waals surface area (Å²) in [4.78, 5) is 20.4. The predicted molar refractivity (Wildman–Crippen MR) is 126 cm³/mol. The number of hydrogen-bond acceptors (Lipinski definition) is 7. The van der Waals surface area contributed by atoms with E-state index in [1.165, 1.54) is 19.4 Å². The van der Waals surface area contributed by atoms with Crippen LogP contribution in [0.1, 0.15) is 30.1 Å². The third-order valence-corrected chi connectivity index (χ3v) is 5.65. The van der Waals surface area contributed by atoms with Gasteiger partial charge in [-0.2, -0.15) is 18.3 Å². The Balaban J connectivity index is 1.60. The number of methoxy groups -OCH3 is 1. The summed E-state index contributed by atoms with van der Waals surface area (Å²) in [5, 5.41) is 17.4. The lowest BCUT2D eigenvalue weighted by molar-refractivity contribution is -0.136. The summed E-state index contributed by atoms with van der Waals surface area (Å²) in [7, 11) is 1.34. The highest BCUT2D eigenvalue weighted by molar-refractivity contribution is 6.30. The summed E-state index contributed by atoms with van der Waals surface area (Å²) in [5.74, 6) is -0.739. The smallest absolute Gasteiger partial charge is 0.418 e. The molecule has 13 heteroatoms. The van der Waals surface area contributed by atoms with Crippen LogP contribution in [-0.2, 0) is 11.0 Å². The van der Waals surface area contributed by atoms with Crippen molar-refractivity contribution >= 4 is 34.5 Å². The van der Waals surface area contributed by atoms with E-state index in [0.29, 0.717) is 10.6 Å². The van der Waals surface area contributed by atoms with E-state index in [2.05, 4.69) is 20.4 Å². The zero-order chi connectivity index (χ0) is 26.0. The molecule has 1 aromatic carbocycles. The van der Waals surface area contributed by atoms with Crippen LogP contribution in [0.25, 0.3) is 16.8 Å². The number of aliphatic hydroxyl groups excluding tert-OH is 1. The predicted octanol–water partition coefficient (Wildman–Crippen LogP) is 4.51. The van der Waals surface area contributed by atoms with Gasteiger partial charge in [-0.15, -0.1) is 0 Å². The molecule has 1 amide bonds. The number of nitrogens with zero attached hydrogens (tertiary/aromatic N) is 4. The number of hydrogen-bond donors (Lipinski definition) is 3. The molecule has 0 saturated heterocycles. The molecule has 0 aliphatic heterocycles. The van der Waals surface area contributed by atoms with Gasteiger partial charge in [0.2, 0.25) is 11.8 Å². The van der Waals surface area contributed by atoms with Crippen molar-refractivity contribution in [3.05, 3.63) is 65.1 Å². The fraction of sp³-hybridized carbons (Fsp3) is 0.217. The van der Waals surface area contributed by atoms with Crippen LogP contribution in [0, 0.1) is 0 Å². The number of fused-ring (bicyclic) bond motifs is 1. The van der Waals surface area contributed by atoms with Gasteiger partial charge in [0.05, 0.1) is 24.5 Å².